The average Bonchev–Trinajstić information content (AvgIpc) is 2.39. The van der Waals surface area contributed by atoms with Gasteiger partial charge in [0.2, 0.25) is 5.91 Å². The largest absolute Gasteiger partial charge is 0.380 e. The molecule has 2 aliphatic heterocycles. The van der Waals surface area contributed by atoms with Gasteiger partial charge in [-0.05, 0) is 19.4 Å². The molecule has 0 spiro atoms. The number of methoxy groups -OCH3 is 1. The molecule has 5 heteroatoms. The van der Waals surface area contributed by atoms with E-state index in [9.17, 15) is 9.59 Å². The first-order valence-electron chi connectivity index (χ1n) is 6.73. The standard InChI is InChI=1S/C13H22N2O3/c1-18-12-3-2-6-14(9-12)10-13(17)15-7-4-11(16)5-8-15/h12H,2-10H2,1H3. The summed E-state index contributed by atoms with van der Waals surface area (Å²) in [6.45, 7) is 3.47. The zero-order valence-electron chi connectivity index (χ0n) is 11.1. The van der Waals surface area contributed by atoms with E-state index in [1.165, 1.54) is 0 Å². The van der Waals surface area contributed by atoms with Crippen LogP contribution < -0.4 is 0 Å². The van der Waals surface area contributed by atoms with Crippen molar-refractivity contribution in [1.82, 2.24) is 9.80 Å². The van der Waals surface area contributed by atoms with E-state index in [0.717, 1.165) is 25.9 Å². The van der Waals surface area contributed by atoms with Crippen LogP contribution in [0.1, 0.15) is 25.7 Å². The minimum atomic E-state index is 0.152. The summed E-state index contributed by atoms with van der Waals surface area (Å²) in [5.74, 6) is 0.427. The third-order valence-corrected chi connectivity index (χ3v) is 3.83. The fourth-order valence-electron chi connectivity index (χ4n) is 2.65. The summed E-state index contributed by atoms with van der Waals surface area (Å²) in [4.78, 5) is 27.2. The van der Waals surface area contributed by atoms with Crippen molar-refractivity contribution in [3.05, 3.63) is 0 Å². The Morgan fingerprint density at radius 1 is 1.33 bits per heavy atom. The number of nitrogens with zero attached hydrogens (tertiary/aromatic N) is 2. The molecule has 0 aromatic carbocycles. The Kier molecular flexibility index (Phi) is 4.72. The second-order valence-corrected chi connectivity index (χ2v) is 5.15. The third kappa shape index (κ3) is 3.53. The molecule has 2 rings (SSSR count). The molecule has 18 heavy (non-hydrogen) atoms. The Morgan fingerprint density at radius 2 is 2.06 bits per heavy atom. The van der Waals surface area contributed by atoms with Crippen LogP contribution in [0.3, 0.4) is 0 Å². The summed E-state index contributed by atoms with van der Waals surface area (Å²) in [6, 6.07) is 0. The first-order chi connectivity index (χ1) is 8.69. The van der Waals surface area contributed by atoms with Gasteiger partial charge in [0.1, 0.15) is 5.78 Å². The predicted molar refractivity (Wildman–Crippen MR) is 67.3 cm³/mol. The van der Waals surface area contributed by atoms with Crippen molar-refractivity contribution >= 4 is 11.7 Å². The molecule has 0 N–H and O–H groups in total. The van der Waals surface area contributed by atoms with E-state index in [0.29, 0.717) is 32.5 Å². The summed E-state index contributed by atoms with van der Waals surface area (Å²) >= 11 is 0. The molecule has 0 bridgehead atoms. The van der Waals surface area contributed by atoms with Gasteiger partial charge < -0.3 is 9.64 Å². The lowest BCUT2D eigenvalue weighted by Crippen LogP contribution is -2.47. The van der Waals surface area contributed by atoms with Gasteiger partial charge in [-0.1, -0.05) is 0 Å². The number of ketones is 1. The minimum absolute atomic E-state index is 0.152. The Labute approximate surface area is 108 Å². The topological polar surface area (TPSA) is 49.9 Å². The van der Waals surface area contributed by atoms with Gasteiger partial charge in [0.25, 0.3) is 0 Å². The van der Waals surface area contributed by atoms with Crippen LogP contribution in [0.4, 0.5) is 0 Å². The second-order valence-electron chi connectivity index (χ2n) is 5.15. The van der Waals surface area contributed by atoms with Crippen LogP contribution in [0.25, 0.3) is 0 Å². The van der Waals surface area contributed by atoms with Crippen LogP contribution in [0.15, 0.2) is 0 Å². The molecule has 2 saturated heterocycles. The molecule has 1 unspecified atom stereocenters. The summed E-state index contributed by atoms with van der Waals surface area (Å²) in [5, 5.41) is 0. The highest BCUT2D eigenvalue weighted by atomic mass is 16.5. The smallest absolute Gasteiger partial charge is 0.236 e. The highest BCUT2D eigenvalue weighted by Gasteiger charge is 2.25. The van der Waals surface area contributed by atoms with Crippen molar-refractivity contribution < 1.29 is 14.3 Å². The quantitative estimate of drug-likeness (QED) is 0.726. The maximum Gasteiger partial charge on any atom is 0.236 e. The second kappa shape index (κ2) is 6.29. The van der Waals surface area contributed by atoms with Gasteiger partial charge in [-0.3, -0.25) is 14.5 Å². The molecule has 2 heterocycles. The normalized spacial score (nSPS) is 26.4. The van der Waals surface area contributed by atoms with E-state index in [-0.39, 0.29) is 17.8 Å². The summed E-state index contributed by atoms with van der Waals surface area (Å²) < 4.78 is 5.35. The summed E-state index contributed by atoms with van der Waals surface area (Å²) in [5.41, 5.74) is 0. The molecular weight excluding hydrogens is 232 g/mol. The number of amides is 1. The van der Waals surface area contributed by atoms with Gasteiger partial charge in [-0.15, -0.1) is 0 Å². The van der Waals surface area contributed by atoms with E-state index in [4.69, 9.17) is 4.74 Å². The van der Waals surface area contributed by atoms with Crippen LogP contribution in [0.2, 0.25) is 0 Å². The molecule has 2 fully saturated rings. The lowest BCUT2D eigenvalue weighted by Gasteiger charge is -2.34. The number of rotatable bonds is 3. The first-order valence-corrected chi connectivity index (χ1v) is 6.73. The van der Waals surface area contributed by atoms with Crippen LogP contribution in [-0.4, -0.2) is 67.4 Å². The number of carbonyl (C=O) groups excluding carboxylic acids is 2. The number of piperidine rings is 2. The molecule has 5 nitrogen and oxygen atoms in total. The molecule has 0 saturated carbocycles. The minimum Gasteiger partial charge on any atom is -0.380 e. The Bertz CT molecular complexity index is 309. The number of carbonyl (C=O) groups is 2. The molecule has 102 valence electrons. The molecule has 1 atom stereocenters. The fraction of sp³-hybridized carbons (Fsp3) is 0.846. The fourth-order valence-corrected chi connectivity index (χ4v) is 2.65. The van der Waals surface area contributed by atoms with Gasteiger partial charge >= 0.3 is 0 Å². The maximum absolute atomic E-state index is 12.1. The van der Waals surface area contributed by atoms with Crippen molar-refractivity contribution in [1.29, 1.82) is 0 Å². The lowest BCUT2D eigenvalue weighted by atomic mass is 10.1. The van der Waals surface area contributed by atoms with E-state index in [1.807, 2.05) is 4.90 Å². The summed E-state index contributed by atoms with van der Waals surface area (Å²) in [6.07, 6.45) is 3.47. The molecular formula is C13H22N2O3. The van der Waals surface area contributed by atoms with Gasteiger partial charge in [0, 0.05) is 39.6 Å². The van der Waals surface area contributed by atoms with Crippen molar-refractivity contribution in [2.45, 2.75) is 31.8 Å². The third-order valence-electron chi connectivity index (χ3n) is 3.83. The van der Waals surface area contributed by atoms with Crippen molar-refractivity contribution in [2.75, 3.05) is 39.8 Å². The lowest BCUT2D eigenvalue weighted by molar-refractivity contribution is -0.136. The van der Waals surface area contributed by atoms with Crippen molar-refractivity contribution in [2.24, 2.45) is 0 Å². The zero-order chi connectivity index (χ0) is 13.0. The number of hydrogen-bond donors (Lipinski definition) is 0. The highest BCUT2D eigenvalue weighted by molar-refractivity contribution is 5.84. The number of ether oxygens (including phenoxy) is 1. The predicted octanol–water partition coefficient (Wildman–Crippen LogP) is 0.289. The number of Topliss-reactive ketones (excluding diaryl/α,β-unsaturated/α-hetero) is 1. The number of hydrogen-bond acceptors (Lipinski definition) is 4. The Morgan fingerprint density at radius 3 is 2.72 bits per heavy atom. The molecule has 0 aromatic rings. The SMILES string of the molecule is COC1CCCN(CC(=O)N2CCC(=O)CC2)C1. The molecule has 0 radical (unpaired) electrons. The van der Waals surface area contributed by atoms with Gasteiger partial charge in [-0.2, -0.15) is 0 Å². The van der Waals surface area contributed by atoms with Crippen LogP contribution in [0.5, 0.6) is 0 Å². The average molecular weight is 254 g/mol. The zero-order valence-corrected chi connectivity index (χ0v) is 11.1. The van der Waals surface area contributed by atoms with Crippen LogP contribution in [0, 0.1) is 0 Å². The monoisotopic (exact) mass is 254 g/mol. The van der Waals surface area contributed by atoms with Crippen molar-refractivity contribution in [3.8, 4) is 0 Å². The Hall–Kier alpha value is -0.940. The molecule has 0 aromatic heterocycles. The highest BCUT2D eigenvalue weighted by Crippen LogP contribution is 2.13. The summed E-state index contributed by atoms with van der Waals surface area (Å²) in [7, 11) is 1.73. The van der Waals surface area contributed by atoms with Crippen LogP contribution >= 0.6 is 0 Å². The maximum atomic E-state index is 12.1. The van der Waals surface area contributed by atoms with E-state index >= 15 is 0 Å². The molecule has 1 amide bonds. The van der Waals surface area contributed by atoms with Gasteiger partial charge in [-0.25, -0.2) is 0 Å². The van der Waals surface area contributed by atoms with E-state index < -0.39 is 0 Å². The van der Waals surface area contributed by atoms with Crippen LogP contribution in [-0.2, 0) is 14.3 Å². The molecule has 2 aliphatic rings. The van der Waals surface area contributed by atoms with E-state index in [2.05, 4.69) is 4.90 Å². The Balaban J connectivity index is 1.78. The van der Waals surface area contributed by atoms with Crippen molar-refractivity contribution in [3.63, 3.8) is 0 Å². The van der Waals surface area contributed by atoms with Gasteiger partial charge in [0.15, 0.2) is 0 Å². The number of likely N-dealkylation sites (tertiary alicyclic amines) is 2. The first kappa shape index (κ1) is 13.5. The van der Waals surface area contributed by atoms with Gasteiger partial charge in [0.05, 0.1) is 12.6 Å². The molecule has 0 aliphatic carbocycles. The van der Waals surface area contributed by atoms with E-state index in [1.54, 1.807) is 7.11 Å².